The highest BCUT2D eigenvalue weighted by Crippen LogP contribution is 2.45. The van der Waals surface area contributed by atoms with Crippen LogP contribution in [0, 0.1) is 12.7 Å². The zero-order valence-electron chi connectivity index (χ0n) is 18.3. The number of aryl methyl sites for hydroxylation is 1. The number of fused-ring (bicyclic) bond motifs is 5. The molecule has 6 rings (SSSR count). The number of hydrogen-bond acceptors (Lipinski definition) is 5. The van der Waals surface area contributed by atoms with Gasteiger partial charge in [-0.2, -0.15) is 0 Å². The number of nitrogens with two attached hydrogens (primary N) is 1. The molecule has 0 unspecified atom stereocenters. The summed E-state index contributed by atoms with van der Waals surface area (Å²) in [5, 5.41) is 0.934. The summed E-state index contributed by atoms with van der Waals surface area (Å²) in [4.78, 5) is 30.9. The van der Waals surface area contributed by atoms with Gasteiger partial charge in [-0.3, -0.25) is 9.59 Å². The number of cyclic esters (lactones) is 1. The maximum absolute atomic E-state index is 14.7. The molecule has 0 bridgehead atoms. The average Bonchev–Trinajstić information content (AvgIpc) is 3.14. The van der Waals surface area contributed by atoms with Crippen molar-refractivity contribution in [2.75, 3.05) is 0 Å². The van der Waals surface area contributed by atoms with Gasteiger partial charge in [0.1, 0.15) is 12.4 Å². The summed E-state index contributed by atoms with van der Waals surface area (Å²) in [5.41, 5.74) is 12.2. The van der Waals surface area contributed by atoms with Crippen molar-refractivity contribution in [1.29, 1.82) is 0 Å². The van der Waals surface area contributed by atoms with Gasteiger partial charge in [0, 0.05) is 23.1 Å². The van der Waals surface area contributed by atoms with Gasteiger partial charge < -0.3 is 15.0 Å². The van der Waals surface area contributed by atoms with Gasteiger partial charge in [-0.15, -0.1) is 0 Å². The van der Waals surface area contributed by atoms with Gasteiger partial charge >= 0.3 is 5.97 Å². The normalized spacial score (nSPS) is 23.0. The highest BCUT2D eigenvalue weighted by atomic mass is 19.1. The number of aromatic nitrogens is 2. The Bertz CT molecular complexity index is 1440. The molecule has 7 heteroatoms. The van der Waals surface area contributed by atoms with Gasteiger partial charge in [0.25, 0.3) is 5.56 Å². The maximum Gasteiger partial charge on any atom is 0.316 e. The van der Waals surface area contributed by atoms with E-state index in [2.05, 4.69) is 0 Å². The first kappa shape index (κ1) is 19.6. The molecule has 6 nitrogen and oxygen atoms in total. The van der Waals surface area contributed by atoms with E-state index < -0.39 is 5.41 Å². The van der Waals surface area contributed by atoms with E-state index in [0.29, 0.717) is 53.0 Å². The van der Waals surface area contributed by atoms with E-state index in [1.807, 2.05) is 19.9 Å². The third kappa shape index (κ3) is 2.24. The fraction of sp³-hybridized carbons (Fsp3) is 0.400. The van der Waals surface area contributed by atoms with Crippen molar-refractivity contribution in [2.45, 2.75) is 64.6 Å². The van der Waals surface area contributed by atoms with Crippen molar-refractivity contribution >= 4 is 16.9 Å². The molecule has 32 heavy (non-hydrogen) atoms. The number of ether oxygens (including phenoxy) is 1. The number of benzene rings is 1. The SMILES string of the molecule is CC[C@@]1(C)C(=O)OCc2c1cc1n(c2=O)Cc2c-1nc1cc(F)c(C)c3c1c2[C@@H](N)CC3. The molecule has 1 aliphatic carbocycles. The molecule has 0 saturated heterocycles. The second-order valence-corrected chi connectivity index (χ2v) is 9.43. The first-order valence-corrected chi connectivity index (χ1v) is 11.1. The molecule has 0 spiro atoms. The van der Waals surface area contributed by atoms with Crippen LogP contribution in [0.25, 0.3) is 22.3 Å². The minimum atomic E-state index is -0.886. The van der Waals surface area contributed by atoms with Crippen molar-refractivity contribution in [3.05, 3.63) is 61.7 Å². The van der Waals surface area contributed by atoms with Crippen LogP contribution in [0.4, 0.5) is 4.39 Å². The smallest absolute Gasteiger partial charge is 0.316 e. The van der Waals surface area contributed by atoms with Crippen LogP contribution < -0.4 is 11.3 Å². The first-order chi connectivity index (χ1) is 15.3. The van der Waals surface area contributed by atoms with Crippen LogP contribution >= 0.6 is 0 Å². The molecule has 2 atom stereocenters. The largest absolute Gasteiger partial charge is 0.460 e. The number of esters is 1. The minimum absolute atomic E-state index is 0.0183. The van der Waals surface area contributed by atoms with E-state index in [-0.39, 0.29) is 30.0 Å². The summed E-state index contributed by atoms with van der Waals surface area (Å²) in [6.07, 6.45) is 1.95. The van der Waals surface area contributed by atoms with Crippen LogP contribution in [0.2, 0.25) is 0 Å². The number of nitrogens with zero attached hydrogens (tertiary/aromatic N) is 2. The van der Waals surface area contributed by atoms with E-state index in [1.165, 1.54) is 6.07 Å². The van der Waals surface area contributed by atoms with Crippen LogP contribution in [0.15, 0.2) is 16.9 Å². The first-order valence-electron chi connectivity index (χ1n) is 11.1. The summed E-state index contributed by atoms with van der Waals surface area (Å²) < 4.78 is 21.8. The maximum atomic E-state index is 14.7. The van der Waals surface area contributed by atoms with Gasteiger partial charge in [0.05, 0.1) is 34.4 Å². The number of hydrogen-bond donors (Lipinski definition) is 1. The minimum Gasteiger partial charge on any atom is -0.460 e. The standard InChI is InChI=1S/C25H24FN3O3/c1-4-25(3)15-7-19-22-13(9-29(19)23(30)14(15)10-32-24(25)31)20-17(27)6-5-12-11(2)16(26)8-18(28-22)21(12)20/h7-8,17H,4-6,9-10,27H2,1-3H3/t17-,25+/m0/s1. The van der Waals surface area contributed by atoms with Crippen molar-refractivity contribution in [1.82, 2.24) is 9.55 Å². The third-order valence-electron chi connectivity index (χ3n) is 7.88. The quantitative estimate of drug-likeness (QED) is 0.464. The highest BCUT2D eigenvalue weighted by molar-refractivity contribution is 5.93. The van der Waals surface area contributed by atoms with E-state index in [1.54, 1.807) is 11.5 Å². The lowest BCUT2D eigenvalue weighted by Crippen LogP contribution is -2.42. The van der Waals surface area contributed by atoms with Crippen molar-refractivity contribution in [3.8, 4) is 11.4 Å². The lowest BCUT2D eigenvalue weighted by Gasteiger charge is -2.33. The Kier molecular flexibility index (Phi) is 3.83. The molecule has 4 heterocycles. The number of rotatable bonds is 1. The van der Waals surface area contributed by atoms with Crippen LogP contribution in [0.3, 0.4) is 0 Å². The Hall–Kier alpha value is -3.06. The van der Waals surface area contributed by atoms with E-state index >= 15 is 0 Å². The van der Waals surface area contributed by atoms with Gasteiger partial charge in [0.15, 0.2) is 0 Å². The average molecular weight is 433 g/mol. The summed E-state index contributed by atoms with van der Waals surface area (Å²) in [6.45, 7) is 5.88. The topological polar surface area (TPSA) is 87.2 Å². The zero-order chi connectivity index (χ0) is 22.5. The lowest BCUT2D eigenvalue weighted by molar-refractivity contribution is -0.153. The molecule has 164 valence electrons. The molecule has 1 aromatic carbocycles. The predicted octanol–water partition coefficient (Wildman–Crippen LogP) is 3.54. The number of pyridine rings is 2. The Balaban J connectivity index is 1.70. The monoisotopic (exact) mass is 433 g/mol. The van der Waals surface area contributed by atoms with Crippen LogP contribution in [0.5, 0.6) is 0 Å². The lowest BCUT2D eigenvalue weighted by atomic mass is 9.76. The molecule has 2 aromatic heterocycles. The van der Waals surface area contributed by atoms with Gasteiger partial charge in [-0.25, -0.2) is 9.37 Å². The molecule has 2 aliphatic heterocycles. The van der Waals surface area contributed by atoms with Crippen molar-refractivity contribution in [2.24, 2.45) is 5.73 Å². The summed E-state index contributed by atoms with van der Waals surface area (Å²) in [5.74, 6) is -0.593. The molecule has 0 fully saturated rings. The number of carbonyl (C=O) groups is 1. The van der Waals surface area contributed by atoms with Gasteiger partial charge in [0.2, 0.25) is 0 Å². The van der Waals surface area contributed by atoms with Crippen molar-refractivity contribution in [3.63, 3.8) is 0 Å². The molecule has 3 aliphatic rings. The molecular weight excluding hydrogens is 409 g/mol. The number of carbonyl (C=O) groups excluding carboxylic acids is 1. The van der Waals surface area contributed by atoms with Crippen molar-refractivity contribution < 1.29 is 13.9 Å². The molecule has 2 N–H and O–H groups in total. The Labute approximate surface area is 184 Å². The predicted molar refractivity (Wildman–Crippen MR) is 118 cm³/mol. The van der Waals surface area contributed by atoms with Crippen LogP contribution in [-0.2, 0) is 34.5 Å². The molecule has 3 aromatic rings. The van der Waals surface area contributed by atoms with E-state index in [0.717, 1.165) is 28.5 Å². The second kappa shape index (κ2) is 6.25. The number of halogens is 1. The van der Waals surface area contributed by atoms with Crippen LogP contribution in [0.1, 0.15) is 66.1 Å². The Morgan fingerprint density at radius 1 is 1.28 bits per heavy atom. The fourth-order valence-corrected chi connectivity index (χ4v) is 5.75. The summed E-state index contributed by atoms with van der Waals surface area (Å²) in [7, 11) is 0. The van der Waals surface area contributed by atoms with E-state index in [9.17, 15) is 14.0 Å². The Morgan fingerprint density at radius 2 is 2.06 bits per heavy atom. The van der Waals surface area contributed by atoms with E-state index in [4.69, 9.17) is 15.5 Å². The second-order valence-electron chi connectivity index (χ2n) is 9.43. The van der Waals surface area contributed by atoms with Gasteiger partial charge in [-0.1, -0.05) is 6.92 Å². The molecular formula is C25H24FN3O3. The van der Waals surface area contributed by atoms with Gasteiger partial charge in [-0.05, 0) is 61.4 Å². The Morgan fingerprint density at radius 3 is 2.81 bits per heavy atom. The third-order valence-corrected chi connectivity index (χ3v) is 7.88. The summed E-state index contributed by atoms with van der Waals surface area (Å²) >= 11 is 0. The molecule has 0 amide bonds. The fourth-order valence-electron chi connectivity index (χ4n) is 5.75. The van der Waals surface area contributed by atoms with Crippen LogP contribution in [-0.4, -0.2) is 15.5 Å². The zero-order valence-corrected chi connectivity index (χ0v) is 18.3. The molecule has 0 radical (unpaired) electrons. The highest BCUT2D eigenvalue weighted by Gasteiger charge is 2.43. The molecule has 0 saturated carbocycles. The summed E-state index contributed by atoms with van der Waals surface area (Å²) in [6, 6.07) is 3.19.